The molecule has 0 aromatic carbocycles. The zero-order valence-electron chi connectivity index (χ0n) is 9.98. The van der Waals surface area contributed by atoms with Gasteiger partial charge in [0.2, 0.25) is 4.73 Å². The van der Waals surface area contributed by atoms with Crippen molar-refractivity contribution in [1.82, 2.24) is 24.5 Å². The lowest BCUT2D eigenvalue weighted by Gasteiger charge is -2.24. The summed E-state index contributed by atoms with van der Waals surface area (Å²) in [5.41, 5.74) is 0.903. The molecule has 0 unspecified atom stereocenters. The third-order valence-electron chi connectivity index (χ3n) is 3.33. The number of hydrogen-bond acceptors (Lipinski definition) is 3. The lowest BCUT2D eigenvalue weighted by atomic mass is 9.85. The van der Waals surface area contributed by atoms with E-state index in [1.807, 2.05) is 17.8 Å². The molecule has 0 aliphatic heterocycles. The van der Waals surface area contributed by atoms with E-state index in [9.17, 15) is 0 Å². The Balaban J connectivity index is 1.87. The van der Waals surface area contributed by atoms with Gasteiger partial charge in [-0.1, -0.05) is 18.0 Å². The van der Waals surface area contributed by atoms with Crippen LogP contribution in [0, 0.1) is 0 Å². The predicted molar refractivity (Wildman–Crippen MR) is 71.6 cm³/mol. The number of aromatic nitrogens is 5. The smallest absolute Gasteiger partial charge is 0.217 e. The van der Waals surface area contributed by atoms with E-state index in [1.165, 1.54) is 19.3 Å². The topological polar surface area (TPSA) is 48.5 Å². The Labute approximate surface area is 118 Å². The van der Waals surface area contributed by atoms with E-state index >= 15 is 0 Å². The first-order valence-electron chi connectivity index (χ1n) is 5.92. The van der Waals surface area contributed by atoms with Crippen LogP contribution < -0.4 is 0 Å². The molecule has 2 heterocycles. The van der Waals surface area contributed by atoms with Crippen LogP contribution in [0.15, 0.2) is 10.8 Å². The molecule has 96 valence electrons. The van der Waals surface area contributed by atoms with Gasteiger partial charge in [0, 0.05) is 19.0 Å². The van der Waals surface area contributed by atoms with Crippen molar-refractivity contribution in [1.29, 1.82) is 0 Å². The van der Waals surface area contributed by atoms with Crippen molar-refractivity contribution in [2.45, 2.75) is 31.7 Å². The second-order valence-corrected chi connectivity index (χ2v) is 5.70. The number of halogens is 2. The summed E-state index contributed by atoms with van der Waals surface area (Å²) in [5.74, 6) is 1.60. The van der Waals surface area contributed by atoms with Crippen LogP contribution in [0.2, 0.25) is 5.15 Å². The molecular formula is C11H13BrClN5. The molecule has 0 atom stereocenters. The quantitative estimate of drug-likeness (QED) is 0.869. The highest BCUT2D eigenvalue weighted by Crippen LogP contribution is 2.35. The summed E-state index contributed by atoms with van der Waals surface area (Å²) < 4.78 is 4.23. The van der Waals surface area contributed by atoms with Crippen LogP contribution in [-0.2, 0) is 13.6 Å². The van der Waals surface area contributed by atoms with Crippen LogP contribution in [-0.4, -0.2) is 24.5 Å². The molecule has 2 aromatic heterocycles. The monoisotopic (exact) mass is 329 g/mol. The molecular weight excluding hydrogens is 318 g/mol. The number of nitrogens with zero attached hydrogens (tertiary/aromatic N) is 5. The molecule has 5 nitrogen and oxygen atoms in total. The van der Waals surface area contributed by atoms with Gasteiger partial charge in [-0.25, -0.2) is 9.67 Å². The molecule has 7 heteroatoms. The fourth-order valence-electron chi connectivity index (χ4n) is 2.14. The molecule has 1 aliphatic rings. The van der Waals surface area contributed by atoms with Gasteiger partial charge in [0.25, 0.3) is 0 Å². The summed E-state index contributed by atoms with van der Waals surface area (Å²) in [5, 5.41) is 9.35. The molecule has 18 heavy (non-hydrogen) atoms. The third kappa shape index (κ3) is 2.19. The largest absolute Gasteiger partial charge is 0.257 e. The summed E-state index contributed by atoms with van der Waals surface area (Å²) >= 11 is 9.33. The van der Waals surface area contributed by atoms with Crippen molar-refractivity contribution < 1.29 is 0 Å². The Morgan fingerprint density at radius 2 is 2.22 bits per heavy atom. The first-order chi connectivity index (χ1) is 8.63. The Bertz CT molecular complexity index is 552. The zero-order valence-corrected chi connectivity index (χ0v) is 12.3. The molecule has 0 radical (unpaired) electrons. The van der Waals surface area contributed by atoms with Gasteiger partial charge in [0.15, 0.2) is 0 Å². The molecule has 1 aliphatic carbocycles. The van der Waals surface area contributed by atoms with Crippen molar-refractivity contribution in [3.8, 4) is 0 Å². The first kappa shape index (κ1) is 12.2. The highest BCUT2D eigenvalue weighted by Gasteiger charge is 2.25. The highest BCUT2D eigenvalue weighted by molar-refractivity contribution is 9.10. The minimum Gasteiger partial charge on any atom is -0.257 e. The van der Waals surface area contributed by atoms with Crippen molar-refractivity contribution in [2.75, 3.05) is 0 Å². The average molecular weight is 331 g/mol. The fourth-order valence-corrected chi connectivity index (χ4v) is 2.68. The summed E-state index contributed by atoms with van der Waals surface area (Å²) in [6.07, 6.45) is 3.69. The Hall–Kier alpha value is -0.880. The van der Waals surface area contributed by atoms with Crippen LogP contribution >= 0.6 is 27.5 Å². The molecule has 1 saturated carbocycles. The van der Waals surface area contributed by atoms with Gasteiger partial charge in [0.1, 0.15) is 11.0 Å². The first-order valence-corrected chi connectivity index (χ1v) is 7.09. The van der Waals surface area contributed by atoms with E-state index in [-0.39, 0.29) is 0 Å². The number of rotatable bonds is 3. The van der Waals surface area contributed by atoms with E-state index in [0.717, 1.165) is 11.5 Å². The lowest BCUT2D eigenvalue weighted by Crippen LogP contribution is -2.17. The van der Waals surface area contributed by atoms with Crippen LogP contribution in [0.4, 0.5) is 0 Å². The standard InChI is InChI=1S/C11H13BrClN5/c1-17-9(13)5-8(15-17)6-18-10(7-3-2-4-7)14-11(12)16-18/h5,7H,2-4,6H2,1H3. The number of aryl methyl sites for hydroxylation is 1. The minimum atomic E-state index is 0.544. The van der Waals surface area contributed by atoms with Gasteiger partial charge in [-0.05, 0) is 28.8 Å². The fraction of sp³-hybridized carbons (Fsp3) is 0.545. The van der Waals surface area contributed by atoms with Gasteiger partial charge in [-0.2, -0.15) is 5.10 Å². The summed E-state index contributed by atoms with van der Waals surface area (Å²) in [4.78, 5) is 4.46. The molecule has 0 N–H and O–H groups in total. The second-order valence-electron chi connectivity index (χ2n) is 4.61. The minimum absolute atomic E-state index is 0.544. The van der Waals surface area contributed by atoms with Crippen LogP contribution in [0.25, 0.3) is 0 Å². The Morgan fingerprint density at radius 3 is 2.78 bits per heavy atom. The molecule has 3 rings (SSSR count). The van der Waals surface area contributed by atoms with E-state index in [0.29, 0.717) is 22.3 Å². The SMILES string of the molecule is Cn1nc(Cn2nc(Br)nc2C2CCC2)cc1Cl. The molecule has 0 bridgehead atoms. The maximum absolute atomic E-state index is 5.99. The summed E-state index contributed by atoms with van der Waals surface area (Å²) in [6.45, 7) is 0.616. The summed E-state index contributed by atoms with van der Waals surface area (Å²) in [6, 6.07) is 1.86. The third-order valence-corrected chi connectivity index (χ3v) is 4.02. The normalized spacial score (nSPS) is 15.9. The van der Waals surface area contributed by atoms with Crippen molar-refractivity contribution >= 4 is 27.5 Å². The van der Waals surface area contributed by atoms with Crippen LogP contribution in [0.5, 0.6) is 0 Å². The molecule has 0 amide bonds. The van der Waals surface area contributed by atoms with Crippen LogP contribution in [0.3, 0.4) is 0 Å². The van der Waals surface area contributed by atoms with Gasteiger partial charge in [0.05, 0.1) is 12.2 Å². The van der Waals surface area contributed by atoms with Gasteiger partial charge < -0.3 is 0 Å². The average Bonchev–Trinajstić information content (AvgIpc) is 2.70. The van der Waals surface area contributed by atoms with Crippen molar-refractivity contribution in [3.05, 3.63) is 27.5 Å². The Morgan fingerprint density at radius 1 is 1.44 bits per heavy atom. The van der Waals surface area contributed by atoms with Crippen LogP contribution in [0.1, 0.15) is 36.7 Å². The second kappa shape index (κ2) is 4.66. The van der Waals surface area contributed by atoms with E-state index in [2.05, 4.69) is 31.1 Å². The van der Waals surface area contributed by atoms with Gasteiger partial charge in [-0.3, -0.25) is 4.68 Å². The predicted octanol–water partition coefficient (Wildman–Crippen LogP) is 2.74. The van der Waals surface area contributed by atoms with E-state index in [1.54, 1.807) is 4.68 Å². The molecule has 0 spiro atoms. The molecule has 1 fully saturated rings. The number of hydrogen-bond donors (Lipinski definition) is 0. The van der Waals surface area contributed by atoms with Crippen molar-refractivity contribution in [3.63, 3.8) is 0 Å². The zero-order chi connectivity index (χ0) is 12.7. The summed E-state index contributed by atoms with van der Waals surface area (Å²) in [7, 11) is 1.83. The molecule has 0 saturated heterocycles. The van der Waals surface area contributed by atoms with Gasteiger partial charge >= 0.3 is 0 Å². The van der Waals surface area contributed by atoms with Crippen molar-refractivity contribution in [2.24, 2.45) is 7.05 Å². The maximum Gasteiger partial charge on any atom is 0.217 e. The highest BCUT2D eigenvalue weighted by atomic mass is 79.9. The molecule has 2 aromatic rings. The lowest BCUT2D eigenvalue weighted by molar-refractivity contribution is 0.383. The van der Waals surface area contributed by atoms with Gasteiger partial charge in [-0.15, -0.1) is 5.10 Å². The van der Waals surface area contributed by atoms with E-state index in [4.69, 9.17) is 11.6 Å². The maximum atomic E-state index is 5.99. The Kier molecular flexibility index (Phi) is 3.15. The van der Waals surface area contributed by atoms with E-state index < -0.39 is 0 Å².